The highest BCUT2D eigenvalue weighted by Crippen LogP contribution is 2.35. The van der Waals surface area contributed by atoms with Gasteiger partial charge >= 0.3 is 0 Å². The number of hydrogen-bond donors (Lipinski definition) is 1. The summed E-state index contributed by atoms with van der Waals surface area (Å²) in [5, 5.41) is 13.8. The lowest BCUT2D eigenvalue weighted by Crippen LogP contribution is -2.39. The number of aliphatic hydroxyl groups excluding tert-OH is 1. The molecule has 1 fully saturated rings. The zero-order valence-corrected chi connectivity index (χ0v) is 14.8. The fourth-order valence-corrected chi connectivity index (χ4v) is 3.09. The average molecular weight is 344 g/mol. The summed E-state index contributed by atoms with van der Waals surface area (Å²) in [6.45, 7) is 6.89. The van der Waals surface area contributed by atoms with Crippen molar-refractivity contribution in [3.8, 4) is 11.4 Å². The smallest absolute Gasteiger partial charge is 0.232 e. The second-order valence-electron chi connectivity index (χ2n) is 7.19. The lowest BCUT2D eigenvalue weighted by atomic mass is 9.88. The van der Waals surface area contributed by atoms with Gasteiger partial charge in [-0.2, -0.15) is 4.98 Å². The van der Waals surface area contributed by atoms with Crippen LogP contribution in [0.25, 0.3) is 11.4 Å². The number of likely N-dealkylation sites (tertiary alicyclic amines) is 1. The number of hydrogen-bond acceptors (Lipinski definition) is 6. The standard InChI is InChI=1S/C18H24N4O3/c1-4-18(2,3)17(24)22-9-13(11-23)14(10-22)16-20-15(21-25-16)12-5-7-19-8-6-12/h5-8,13-14,23H,4,9-11H2,1-3H3/t13-,14+/m0/s1. The third-order valence-electron chi connectivity index (χ3n) is 5.12. The third kappa shape index (κ3) is 3.42. The number of aromatic nitrogens is 3. The molecular weight excluding hydrogens is 320 g/mol. The van der Waals surface area contributed by atoms with Crippen LogP contribution in [0.3, 0.4) is 0 Å². The van der Waals surface area contributed by atoms with Crippen LogP contribution in [0.1, 0.15) is 39.0 Å². The van der Waals surface area contributed by atoms with Crippen LogP contribution in [-0.2, 0) is 4.79 Å². The van der Waals surface area contributed by atoms with Gasteiger partial charge in [0.1, 0.15) is 0 Å². The summed E-state index contributed by atoms with van der Waals surface area (Å²) in [6.07, 6.45) is 4.11. The van der Waals surface area contributed by atoms with Gasteiger partial charge in [0.15, 0.2) is 0 Å². The highest BCUT2D eigenvalue weighted by molar-refractivity contribution is 5.82. The van der Waals surface area contributed by atoms with Crippen molar-refractivity contribution in [3.05, 3.63) is 30.4 Å². The summed E-state index contributed by atoms with van der Waals surface area (Å²) in [6, 6.07) is 3.62. The highest BCUT2D eigenvalue weighted by atomic mass is 16.5. The van der Waals surface area contributed by atoms with E-state index in [4.69, 9.17) is 4.52 Å². The van der Waals surface area contributed by atoms with Gasteiger partial charge in [-0.15, -0.1) is 0 Å². The first-order valence-corrected chi connectivity index (χ1v) is 8.60. The summed E-state index contributed by atoms with van der Waals surface area (Å²) in [7, 11) is 0. The van der Waals surface area contributed by atoms with Crippen molar-refractivity contribution in [2.45, 2.75) is 33.1 Å². The Balaban J connectivity index is 1.80. The van der Waals surface area contributed by atoms with E-state index in [9.17, 15) is 9.90 Å². The molecule has 3 rings (SSSR count). The molecular formula is C18H24N4O3. The number of carbonyl (C=O) groups is 1. The van der Waals surface area contributed by atoms with Crippen LogP contribution >= 0.6 is 0 Å². The Labute approximate surface area is 147 Å². The number of aliphatic hydroxyl groups is 1. The first-order chi connectivity index (χ1) is 12.0. The third-order valence-corrected chi connectivity index (χ3v) is 5.12. The fourth-order valence-electron chi connectivity index (χ4n) is 3.09. The lowest BCUT2D eigenvalue weighted by Gasteiger charge is -2.28. The Morgan fingerprint density at radius 1 is 1.36 bits per heavy atom. The average Bonchev–Trinajstić information content (AvgIpc) is 3.28. The van der Waals surface area contributed by atoms with Gasteiger partial charge in [0, 0.05) is 49.0 Å². The summed E-state index contributed by atoms with van der Waals surface area (Å²) in [5.74, 6) is 0.820. The lowest BCUT2D eigenvalue weighted by molar-refractivity contribution is -0.139. The zero-order chi connectivity index (χ0) is 18.0. The molecule has 7 nitrogen and oxygen atoms in total. The molecule has 2 atom stereocenters. The molecule has 134 valence electrons. The predicted octanol–water partition coefficient (Wildman–Crippen LogP) is 2.10. The minimum Gasteiger partial charge on any atom is -0.396 e. The molecule has 1 amide bonds. The zero-order valence-electron chi connectivity index (χ0n) is 14.8. The maximum Gasteiger partial charge on any atom is 0.232 e. The van der Waals surface area contributed by atoms with Crippen molar-refractivity contribution in [1.29, 1.82) is 0 Å². The van der Waals surface area contributed by atoms with Crippen LogP contribution in [0.5, 0.6) is 0 Å². The molecule has 0 saturated carbocycles. The molecule has 3 heterocycles. The quantitative estimate of drug-likeness (QED) is 0.893. The van der Waals surface area contributed by atoms with Crippen molar-refractivity contribution < 1.29 is 14.4 Å². The molecule has 1 aliphatic heterocycles. The molecule has 25 heavy (non-hydrogen) atoms. The fraction of sp³-hybridized carbons (Fsp3) is 0.556. The molecule has 0 radical (unpaired) electrons. The maximum atomic E-state index is 12.7. The number of amides is 1. The van der Waals surface area contributed by atoms with Gasteiger partial charge in [0.2, 0.25) is 17.6 Å². The van der Waals surface area contributed by atoms with Crippen molar-refractivity contribution in [1.82, 2.24) is 20.0 Å². The Morgan fingerprint density at radius 2 is 2.08 bits per heavy atom. The van der Waals surface area contributed by atoms with Crippen molar-refractivity contribution in [2.75, 3.05) is 19.7 Å². The molecule has 0 bridgehead atoms. The predicted molar refractivity (Wildman–Crippen MR) is 91.5 cm³/mol. The van der Waals surface area contributed by atoms with E-state index in [-0.39, 0.29) is 24.3 Å². The number of pyridine rings is 1. The number of rotatable bonds is 5. The molecule has 0 spiro atoms. The molecule has 0 aromatic carbocycles. The van der Waals surface area contributed by atoms with E-state index in [1.165, 1.54) is 0 Å². The largest absolute Gasteiger partial charge is 0.396 e. The summed E-state index contributed by atoms with van der Waals surface area (Å²) in [5.41, 5.74) is 0.412. The van der Waals surface area contributed by atoms with Gasteiger partial charge in [0.25, 0.3) is 0 Å². The van der Waals surface area contributed by atoms with E-state index < -0.39 is 5.41 Å². The molecule has 1 N–H and O–H groups in total. The van der Waals surface area contributed by atoms with Gasteiger partial charge in [-0.1, -0.05) is 25.9 Å². The SMILES string of the molecule is CCC(C)(C)C(=O)N1C[C@@H](CO)[C@H](c2nc(-c3ccncc3)no2)C1. The Kier molecular flexibility index (Phi) is 4.85. The molecule has 1 aliphatic rings. The Bertz CT molecular complexity index is 729. The van der Waals surface area contributed by atoms with Crippen LogP contribution in [0.15, 0.2) is 29.0 Å². The maximum absolute atomic E-state index is 12.7. The molecule has 2 aromatic heterocycles. The highest BCUT2D eigenvalue weighted by Gasteiger charge is 2.42. The van der Waals surface area contributed by atoms with Crippen molar-refractivity contribution in [2.24, 2.45) is 11.3 Å². The summed E-state index contributed by atoms with van der Waals surface area (Å²) >= 11 is 0. The molecule has 1 saturated heterocycles. The second kappa shape index (κ2) is 6.92. The van der Waals surface area contributed by atoms with E-state index in [1.807, 2.05) is 37.8 Å². The van der Waals surface area contributed by atoms with Crippen molar-refractivity contribution >= 4 is 5.91 Å². The molecule has 0 unspecified atom stereocenters. The Morgan fingerprint density at radius 3 is 2.72 bits per heavy atom. The normalized spacial score (nSPS) is 20.9. The van der Waals surface area contributed by atoms with E-state index >= 15 is 0 Å². The van der Waals surface area contributed by atoms with Gasteiger partial charge in [-0.3, -0.25) is 9.78 Å². The van der Waals surface area contributed by atoms with Crippen LogP contribution in [0, 0.1) is 11.3 Å². The molecule has 0 aliphatic carbocycles. The van der Waals surface area contributed by atoms with Crippen LogP contribution in [0.4, 0.5) is 0 Å². The minimum atomic E-state index is -0.411. The van der Waals surface area contributed by atoms with E-state index in [1.54, 1.807) is 12.4 Å². The van der Waals surface area contributed by atoms with Gasteiger partial charge < -0.3 is 14.5 Å². The number of nitrogens with zero attached hydrogens (tertiary/aromatic N) is 4. The Hall–Kier alpha value is -2.28. The van der Waals surface area contributed by atoms with Crippen LogP contribution < -0.4 is 0 Å². The van der Waals surface area contributed by atoms with Crippen LogP contribution in [0.2, 0.25) is 0 Å². The van der Waals surface area contributed by atoms with Crippen LogP contribution in [-0.4, -0.2) is 50.7 Å². The van der Waals surface area contributed by atoms with Gasteiger partial charge in [-0.25, -0.2) is 0 Å². The van der Waals surface area contributed by atoms with E-state index in [2.05, 4.69) is 15.1 Å². The first-order valence-electron chi connectivity index (χ1n) is 8.60. The number of carbonyl (C=O) groups excluding carboxylic acids is 1. The van der Waals surface area contributed by atoms with Gasteiger partial charge in [-0.05, 0) is 18.6 Å². The topological polar surface area (TPSA) is 92.4 Å². The second-order valence-corrected chi connectivity index (χ2v) is 7.19. The monoisotopic (exact) mass is 344 g/mol. The summed E-state index contributed by atoms with van der Waals surface area (Å²) in [4.78, 5) is 23.0. The van der Waals surface area contributed by atoms with E-state index in [0.717, 1.165) is 12.0 Å². The minimum absolute atomic E-state index is 0.0199. The first kappa shape index (κ1) is 17.5. The summed E-state index contributed by atoms with van der Waals surface area (Å²) < 4.78 is 5.44. The van der Waals surface area contributed by atoms with Gasteiger partial charge in [0.05, 0.1) is 5.92 Å². The van der Waals surface area contributed by atoms with E-state index in [0.29, 0.717) is 24.8 Å². The molecule has 7 heteroatoms. The van der Waals surface area contributed by atoms with Crippen molar-refractivity contribution in [3.63, 3.8) is 0 Å². The molecule has 2 aromatic rings.